The maximum atomic E-state index is 12.7. The summed E-state index contributed by atoms with van der Waals surface area (Å²) in [6.07, 6.45) is -4.57. The molecule has 0 spiro atoms. The molecule has 0 saturated heterocycles. The zero-order valence-electron chi connectivity index (χ0n) is 11.2. The molecular formula is C12H11Cl2F3N4O. The van der Waals surface area contributed by atoms with E-state index in [1.54, 1.807) is 6.92 Å². The van der Waals surface area contributed by atoms with Gasteiger partial charge in [0.05, 0.1) is 22.2 Å². The first-order chi connectivity index (χ1) is 10.2. The minimum Gasteiger partial charge on any atom is -0.487 e. The first-order valence-corrected chi connectivity index (χ1v) is 6.75. The summed E-state index contributed by atoms with van der Waals surface area (Å²) >= 11 is 11.8. The molecule has 0 aliphatic heterocycles. The fraction of sp³-hybridized carbons (Fsp3) is 0.250. The second-order valence-electron chi connectivity index (χ2n) is 4.23. The van der Waals surface area contributed by atoms with Gasteiger partial charge in [-0.2, -0.15) is 13.2 Å². The van der Waals surface area contributed by atoms with Crippen molar-refractivity contribution in [1.82, 2.24) is 9.78 Å². The van der Waals surface area contributed by atoms with Gasteiger partial charge in [0.25, 0.3) is 0 Å². The van der Waals surface area contributed by atoms with Gasteiger partial charge in [0.1, 0.15) is 5.69 Å². The van der Waals surface area contributed by atoms with Crippen molar-refractivity contribution in [3.63, 3.8) is 0 Å². The topological polar surface area (TPSA) is 79.1 Å². The van der Waals surface area contributed by atoms with Crippen molar-refractivity contribution in [3.8, 4) is 11.4 Å². The number of nitrogen functional groups attached to an aromatic ring is 2. The number of anilines is 2. The number of nitrogens with two attached hydrogens (primary N) is 2. The minimum atomic E-state index is -4.57. The van der Waals surface area contributed by atoms with E-state index in [0.29, 0.717) is 0 Å². The number of hydrogen-bond acceptors (Lipinski definition) is 4. The number of aromatic nitrogens is 2. The van der Waals surface area contributed by atoms with Gasteiger partial charge in [0, 0.05) is 0 Å². The summed E-state index contributed by atoms with van der Waals surface area (Å²) in [5.74, 6) is 0.0869. The molecule has 0 amide bonds. The number of rotatable bonds is 3. The maximum absolute atomic E-state index is 12.7. The summed E-state index contributed by atoms with van der Waals surface area (Å²) in [6.45, 7) is 2.00. The van der Waals surface area contributed by atoms with Crippen LogP contribution < -0.4 is 16.2 Å². The van der Waals surface area contributed by atoms with Crippen molar-refractivity contribution < 1.29 is 17.9 Å². The first kappa shape index (κ1) is 16.6. The summed E-state index contributed by atoms with van der Waals surface area (Å²) < 4.78 is 44.5. The molecular weight excluding hydrogens is 344 g/mol. The quantitative estimate of drug-likeness (QED) is 0.879. The Morgan fingerprint density at radius 1 is 1.23 bits per heavy atom. The standard InChI is InChI=1S/C12H11Cl2F3N4O/c1-2-22-9-10(18)20-21(11(9)19)8-6(13)3-5(4-7(8)14)12(15,16)17/h3-4H,2,19H2,1H3,(H2,18,20). The van der Waals surface area contributed by atoms with Crippen LogP contribution in [0.3, 0.4) is 0 Å². The lowest BCUT2D eigenvalue weighted by Gasteiger charge is -2.13. The molecule has 1 heterocycles. The summed E-state index contributed by atoms with van der Waals surface area (Å²) in [4.78, 5) is 0. The van der Waals surface area contributed by atoms with E-state index in [0.717, 1.165) is 16.8 Å². The van der Waals surface area contributed by atoms with Crippen molar-refractivity contribution in [2.75, 3.05) is 18.1 Å². The minimum absolute atomic E-state index is 0.00788. The van der Waals surface area contributed by atoms with Crippen LogP contribution in [-0.2, 0) is 6.18 Å². The predicted octanol–water partition coefficient (Wildman–Crippen LogP) is 3.76. The highest BCUT2D eigenvalue weighted by Gasteiger charge is 2.32. The van der Waals surface area contributed by atoms with Gasteiger partial charge in [-0.3, -0.25) is 0 Å². The lowest BCUT2D eigenvalue weighted by Crippen LogP contribution is -2.08. The molecule has 0 fully saturated rings. The number of benzene rings is 1. The smallest absolute Gasteiger partial charge is 0.416 e. The predicted molar refractivity (Wildman–Crippen MR) is 78.6 cm³/mol. The van der Waals surface area contributed by atoms with E-state index in [1.165, 1.54) is 0 Å². The summed E-state index contributed by atoms with van der Waals surface area (Å²) in [7, 11) is 0. The third-order valence-corrected chi connectivity index (χ3v) is 3.32. The maximum Gasteiger partial charge on any atom is 0.416 e. The van der Waals surface area contributed by atoms with Crippen LogP contribution in [0.25, 0.3) is 5.69 Å². The van der Waals surface area contributed by atoms with Crippen LogP contribution in [0.5, 0.6) is 5.75 Å². The number of hydrogen-bond donors (Lipinski definition) is 2. The molecule has 0 atom stereocenters. The molecule has 4 N–H and O–H groups in total. The number of halogens is 5. The molecule has 0 aliphatic rings. The fourth-order valence-electron chi connectivity index (χ4n) is 1.83. The normalized spacial score (nSPS) is 11.7. The highest BCUT2D eigenvalue weighted by molar-refractivity contribution is 6.38. The molecule has 10 heteroatoms. The van der Waals surface area contributed by atoms with Crippen molar-refractivity contribution >= 4 is 34.8 Å². The van der Waals surface area contributed by atoms with E-state index in [2.05, 4.69) is 5.10 Å². The Kier molecular flexibility index (Phi) is 4.35. The second kappa shape index (κ2) is 5.77. The van der Waals surface area contributed by atoms with E-state index < -0.39 is 11.7 Å². The molecule has 0 bridgehead atoms. The fourth-order valence-corrected chi connectivity index (χ4v) is 2.48. The molecule has 2 aromatic rings. The van der Waals surface area contributed by atoms with Gasteiger partial charge in [0.2, 0.25) is 5.75 Å². The van der Waals surface area contributed by atoms with Gasteiger partial charge < -0.3 is 16.2 Å². The van der Waals surface area contributed by atoms with E-state index in [1.807, 2.05) is 0 Å². The Morgan fingerprint density at radius 2 is 1.77 bits per heavy atom. The third kappa shape index (κ3) is 2.89. The molecule has 0 aliphatic carbocycles. The summed E-state index contributed by atoms with van der Waals surface area (Å²) in [5, 5.41) is 3.37. The molecule has 0 radical (unpaired) electrons. The number of nitrogens with zero attached hydrogens (tertiary/aromatic N) is 2. The van der Waals surface area contributed by atoms with Crippen molar-refractivity contribution in [1.29, 1.82) is 0 Å². The van der Waals surface area contributed by atoms with Crippen LogP contribution in [0.4, 0.5) is 24.8 Å². The van der Waals surface area contributed by atoms with Crippen molar-refractivity contribution in [3.05, 3.63) is 27.7 Å². The molecule has 0 unspecified atom stereocenters. The van der Waals surface area contributed by atoms with Gasteiger partial charge in [0.15, 0.2) is 11.6 Å². The van der Waals surface area contributed by atoms with Crippen LogP contribution in [0.15, 0.2) is 12.1 Å². The van der Waals surface area contributed by atoms with Crippen LogP contribution >= 0.6 is 23.2 Å². The zero-order valence-corrected chi connectivity index (χ0v) is 12.7. The van der Waals surface area contributed by atoms with Gasteiger partial charge in [-0.05, 0) is 19.1 Å². The van der Waals surface area contributed by atoms with Crippen LogP contribution in [0.1, 0.15) is 12.5 Å². The molecule has 1 aromatic carbocycles. The number of ether oxygens (including phenoxy) is 1. The monoisotopic (exact) mass is 354 g/mol. The number of alkyl halides is 3. The van der Waals surface area contributed by atoms with E-state index in [4.69, 9.17) is 39.4 Å². The molecule has 0 saturated carbocycles. The van der Waals surface area contributed by atoms with E-state index >= 15 is 0 Å². The van der Waals surface area contributed by atoms with Gasteiger partial charge in [-0.25, -0.2) is 4.68 Å². The van der Waals surface area contributed by atoms with Crippen molar-refractivity contribution in [2.24, 2.45) is 0 Å². The van der Waals surface area contributed by atoms with Gasteiger partial charge >= 0.3 is 6.18 Å². The second-order valence-corrected chi connectivity index (χ2v) is 5.05. The largest absolute Gasteiger partial charge is 0.487 e. The first-order valence-electron chi connectivity index (χ1n) is 6.00. The van der Waals surface area contributed by atoms with E-state index in [-0.39, 0.29) is 39.7 Å². The van der Waals surface area contributed by atoms with Crippen LogP contribution in [-0.4, -0.2) is 16.4 Å². The summed E-state index contributed by atoms with van der Waals surface area (Å²) in [5.41, 5.74) is 10.5. The van der Waals surface area contributed by atoms with Gasteiger partial charge in [-0.15, -0.1) is 5.10 Å². The molecule has 22 heavy (non-hydrogen) atoms. The lowest BCUT2D eigenvalue weighted by atomic mass is 10.2. The average molecular weight is 355 g/mol. The molecule has 120 valence electrons. The Balaban J connectivity index is 2.62. The third-order valence-electron chi connectivity index (χ3n) is 2.75. The molecule has 2 rings (SSSR count). The molecule has 1 aromatic heterocycles. The van der Waals surface area contributed by atoms with E-state index in [9.17, 15) is 13.2 Å². The highest BCUT2D eigenvalue weighted by Crippen LogP contribution is 2.40. The summed E-state index contributed by atoms with van der Waals surface area (Å²) in [6, 6.07) is 1.47. The molecule has 5 nitrogen and oxygen atoms in total. The highest BCUT2D eigenvalue weighted by atomic mass is 35.5. The van der Waals surface area contributed by atoms with Gasteiger partial charge in [-0.1, -0.05) is 23.2 Å². The SMILES string of the molecule is CCOc1c(N)nn(-c2c(Cl)cc(C(F)(F)F)cc2Cl)c1N. The van der Waals surface area contributed by atoms with Crippen LogP contribution in [0.2, 0.25) is 10.0 Å². The Labute approximate surface area is 133 Å². The zero-order chi connectivity index (χ0) is 16.7. The average Bonchev–Trinajstić information content (AvgIpc) is 2.65. The Bertz CT molecular complexity index is 692. The Morgan fingerprint density at radius 3 is 2.23 bits per heavy atom. The van der Waals surface area contributed by atoms with Crippen LogP contribution in [0, 0.1) is 0 Å². The lowest BCUT2D eigenvalue weighted by molar-refractivity contribution is -0.137. The Hall–Kier alpha value is -1.80. The van der Waals surface area contributed by atoms with Crippen molar-refractivity contribution in [2.45, 2.75) is 13.1 Å².